The van der Waals surface area contributed by atoms with E-state index in [1.54, 1.807) is 0 Å². The summed E-state index contributed by atoms with van der Waals surface area (Å²) in [5, 5.41) is 6.93. The molecule has 2 aliphatic carbocycles. The molecule has 5 rings (SSSR count). The lowest BCUT2D eigenvalue weighted by molar-refractivity contribution is -0.112. The molecule has 1 aromatic heterocycles. The van der Waals surface area contributed by atoms with Crippen molar-refractivity contribution in [2.45, 2.75) is 37.8 Å². The molecule has 1 aromatic carbocycles. The lowest BCUT2D eigenvalue weighted by atomic mass is 9.72. The van der Waals surface area contributed by atoms with E-state index >= 15 is 0 Å². The molecule has 3 aliphatic rings. The Labute approximate surface area is 230 Å². The van der Waals surface area contributed by atoms with Crippen molar-refractivity contribution in [2.24, 2.45) is 11.8 Å². The normalized spacial score (nSPS) is 24.3. The molecular formula is C27H28ClN5O2S2. The van der Waals surface area contributed by atoms with Crippen LogP contribution < -0.4 is 21.5 Å². The van der Waals surface area contributed by atoms with Crippen LogP contribution in [-0.2, 0) is 11.2 Å². The van der Waals surface area contributed by atoms with Gasteiger partial charge in [0.1, 0.15) is 0 Å². The van der Waals surface area contributed by atoms with Crippen molar-refractivity contribution in [1.82, 2.24) is 21.0 Å². The molecule has 2 unspecified atom stereocenters. The van der Waals surface area contributed by atoms with Gasteiger partial charge in [0.05, 0.1) is 22.7 Å². The van der Waals surface area contributed by atoms with Gasteiger partial charge in [0.2, 0.25) is 5.12 Å². The van der Waals surface area contributed by atoms with E-state index in [0.29, 0.717) is 34.9 Å². The number of halogens is 1. The molecule has 0 saturated carbocycles. The summed E-state index contributed by atoms with van der Waals surface area (Å²) >= 11 is 13.3. The molecule has 2 heterocycles. The zero-order valence-corrected chi connectivity index (χ0v) is 22.5. The first-order valence-corrected chi connectivity index (χ1v) is 14.1. The molecule has 1 aliphatic heterocycles. The highest BCUT2D eigenvalue weighted by atomic mass is 35.5. The van der Waals surface area contributed by atoms with Gasteiger partial charge in [-0.05, 0) is 66.9 Å². The van der Waals surface area contributed by atoms with Gasteiger partial charge in [0.25, 0.3) is 5.91 Å². The Morgan fingerprint density at radius 3 is 2.78 bits per heavy atom. The largest absolute Gasteiger partial charge is 0.354 e. The fourth-order valence-electron chi connectivity index (χ4n) is 5.16. The van der Waals surface area contributed by atoms with E-state index in [1.165, 1.54) is 35.2 Å². The molecule has 2 aromatic rings. The summed E-state index contributed by atoms with van der Waals surface area (Å²) in [5.41, 5.74) is 8.86. The molecule has 4 N–H and O–H groups in total. The van der Waals surface area contributed by atoms with Crippen molar-refractivity contribution in [3.05, 3.63) is 82.5 Å². The lowest BCUT2D eigenvalue weighted by Gasteiger charge is -2.39. The average molecular weight is 554 g/mol. The topological polar surface area (TPSA) is 95.2 Å². The van der Waals surface area contributed by atoms with Crippen LogP contribution in [0.4, 0.5) is 5.82 Å². The SMILES string of the molecule is O=C(NC1CCSC1=O)c1cnc(NNC(=S)N[C@H]2c3ccccc3CC[C@H]2C2C=CC=CC2)c(Cl)c1. The van der Waals surface area contributed by atoms with Gasteiger partial charge >= 0.3 is 0 Å². The predicted octanol–water partition coefficient (Wildman–Crippen LogP) is 4.72. The summed E-state index contributed by atoms with van der Waals surface area (Å²) in [7, 11) is 0. The molecule has 192 valence electrons. The molecule has 37 heavy (non-hydrogen) atoms. The Morgan fingerprint density at radius 2 is 2.03 bits per heavy atom. The van der Waals surface area contributed by atoms with Crippen LogP contribution >= 0.6 is 35.6 Å². The van der Waals surface area contributed by atoms with Crippen LogP contribution in [0.25, 0.3) is 0 Å². The maximum atomic E-state index is 12.5. The van der Waals surface area contributed by atoms with Gasteiger partial charge in [-0.25, -0.2) is 4.98 Å². The third-order valence-electron chi connectivity index (χ3n) is 7.05. The van der Waals surface area contributed by atoms with Gasteiger partial charge in [0.15, 0.2) is 10.9 Å². The highest BCUT2D eigenvalue weighted by Crippen LogP contribution is 2.41. The van der Waals surface area contributed by atoms with Crippen molar-refractivity contribution >= 4 is 57.5 Å². The molecule has 4 atom stereocenters. The maximum Gasteiger partial charge on any atom is 0.253 e. The first-order chi connectivity index (χ1) is 18.0. The van der Waals surface area contributed by atoms with Crippen LogP contribution in [0.1, 0.15) is 46.8 Å². The zero-order valence-electron chi connectivity index (χ0n) is 20.1. The Morgan fingerprint density at radius 1 is 1.16 bits per heavy atom. The first kappa shape index (κ1) is 25.8. The predicted molar refractivity (Wildman–Crippen MR) is 152 cm³/mol. The van der Waals surface area contributed by atoms with Crippen molar-refractivity contribution < 1.29 is 9.59 Å². The molecule has 0 radical (unpaired) electrons. The summed E-state index contributed by atoms with van der Waals surface area (Å²) < 4.78 is 0. The highest BCUT2D eigenvalue weighted by Gasteiger charge is 2.34. The second-order valence-corrected chi connectivity index (χ2v) is 11.3. The number of carbonyl (C=O) groups excluding carboxylic acids is 2. The van der Waals surface area contributed by atoms with Gasteiger partial charge in [-0.3, -0.25) is 20.4 Å². The maximum absolute atomic E-state index is 12.5. The minimum atomic E-state index is -0.465. The monoisotopic (exact) mass is 553 g/mol. The van der Waals surface area contributed by atoms with Gasteiger partial charge < -0.3 is 10.6 Å². The number of pyridine rings is 1. The minimum Gasteiger partial charge on any atom is -0.354 e. The Bertz CT molecular complexity index is 1270. The standard InChI is InChI=1S/C27H28ClN5O2S2/c28-21-14-18(25(34)30-22-12-13-37-26(22)35)15-29-24(21)32-33-27(36)31-23-19-9-5-4-8-17(19)10-11-20(23)16-6-2-1-3-7-16/h1-6,8-9,14-16,20,22-23H,7,10-13H2,(H,29,32)(H,30,34)(H2,31,33,36)/t16?,20-,22?,23-/m0/s1. The lowest BCUT2D eigenvalue weighted by Crippen LogP contribution is -2.45. The minimum absolute atomic E-state index is 0.0188. The number of nitrogens with zero attached hydrogens (tertiary/aromatic N) is 1. The third kappa shape index (κ3) is 6.00. The van der Waals surface area contributed by atoms with E-state index < -0.39 is 6.04 Å². The number of thioether (sulfide) groups is 1. The van der Waals surface area contributed by atoms with E-state index in [1.807, 2.05) is 0 Å². The summed E-state index contributed by atoms with van der Waals surface area (Å²) in [6.07, 6.45) is 14.0. The number of amides is 1. The van der Waals surface area contributed by atoms with E-state index in [0.717, 1.165) is 19.3 Å². The smallest absolute Gasteiger partial charge is 0.253 e. The Kier molecular flexibility index (Phi) is 8.12. The number of nitrogens with one attached hydrogen (secondary N) is 4. The number of thiocarbonyl (C=S) groups is 1. The number of anilines is 1. The number of carbonyl (C=O) groups is 2. The zero-order chi connectivity index (χ0) is 25.8. The van der Waals surface area contributed by atoms with Gasteiger partial charge in [-0.2, -0.15) is 0 Å². The molecule has 1 amide bonds. The van der Waals surface area contributed by atoms with E-state index in [-0.39, 0.29) is 27.7 Å². The van der Waals surface area contributed by atoms with Crippen LogP contribution in [0.5, 0.6) is 0 Å². The number of hydrogen-bond acceptors (Lipinski definition) is 6. The molecule has 1 fully saturated rings. The number of allylic oxidation sites excluding steroid dienone is 4. The number of aryl methyl sites for hydroxylation is 1. The summed E-state index contributed by atoms with van der Waals surface area (Å²) in [6.45, 7) is 0. The van der Waals surface area contributed by atoms with Gasteiger partial charge in [-0.15, -0.1) is 0 Å². The number of aromatic nitrogens is 1. The molecule has 7 nitrogen and oxygen atoms in total. The van der Waals surface area contributed by atoms with E-state index in [2.05, 4.69) is 75.0 Å². The third-order valence-corrected chi connectivity index (χ3v) is 8.57. The van der Waals surface area contributed by atoms with E-state index in [9.17, 15) is 9.59 Å². The summed E-state index contributed by atoms with van der Waals surface area (Å²) in [4.78, 5) is 28.6. The summed E-state index contributed by atoms with van der Waals surface area (Å²) in [6, 6.07) is 9.65. The number of benzene rings is 1. The van der Waals surface area contributed by atoms with Crippen molar-refractivity contribution in [2.75, 3.05) is 11.2 Å². The Hall–Kier alpha value is -2.88. The fourth-order valence-corrected chi connectivity index (χ4v) is 6.49. The van der Waals surface area contributed by atoms with Crippen LogP contribution in [-0.4, -0.2) is 32.9 Å². The molecular weight excluding hydrogens is 526 g/mol. The average Bonchev–Trinajstić information content (AvgIpc) is 3.32. The number of fused-ring (bicyclic) bond motifs is 1. The van der Waals surface area contributed by atoms with Crippen molar-refractivity contribution in [1.29, 1.82) is 0 Å². The van der Waals surface area contributed by atoms with Crippen LogP contribution in [0.15, 0.2) is 60.8 Å². The summed E-state index contributed by atoms with van der Waals surface area (Å²) in [5.74, 6) is 1.53. The molecule has 0 spiro atoms. The van der Waals surface area contributed by atoms with Crippen LogP contribution in [0.3, 0.4) is 0 Å². The van der Waals surface area contributed by atoms with E-state index in [4.69, 9.17) is 23.8 Å². The number of hydrogen-bond donors (Lipinski definition) is 4. The van der Waals surface area contributed by atoms with Crippen molar-refractivity contribution in [3.8, 4) is 0 Å². The Balaban J connectivity index is 1.22. The molecule has 1 saturated heterocycles. The number of hydrazine groups is 1. The van der Waals surface area contributed by atoms with Crippen LogP contribution in [0.2, 0.25) is 5.02 Å². The molecule has 0 bridgehead atoms. The second-order valence-electron chi connectivity index (χ2n) is 9.35. The second kappa shape index (κ2) is 11.7. The highest BCUT2D eigenvalue weighted by molar-refractivity contribution is 8.14. The van der Waals surface area contributed by atoms with Gasteiger partial charge in [-0.1, -0.05) is 71.9 Å². The van der Waals surface area contributed by atoms with Gasteiger partial charge in [0, 0.05) is 11.9 Å². The van der Waals surface area contributed by atoms with Crippen molar-refractivity contribution in [3.63, 3.8) is 0 Å². The quantitative estimate of drug-likeness (QED) is 0.301. The first-order valence-electron chi connectivity index (χ1n) is 12.4. The molecule has 10 heteroatoms. The fraction of sp³-hybridized carbons (Fsp3) is 0.333. The van der Waals surface area contributed by atoms with Crippen LogP contribution in [0, 0.1) is 11.8 Å². The number of rotatable bonds is 6.